The van der Waals surface area contributed by atoms with Gasteiger partial charge >= 0.3 is 0 Å². The quantitative estimate of drug-likeness (QED) is 0.809. The first-order valence-electron chi connectivity index (χ1n) is 5.69. The fraction of sp³-hybridized carbons (Fsp3) is 0.143. The molecule has 18 heavy (non-hydrogen) atoms. The van der Waals surface area contributed by atoms with Gasteiger partial charge in [0.25, 0.3) is 0 Å². The van der Waals surface area contributed by atoms with Crippen molar-refractivity contribution in [2.75, 3.05) is 11.1 Å². The van der Waals surface area contributed by atoms with Gasteiger partial charge in [0.05, 0.1) is 18.3 Å². The van der Waals surface area contributed by atoms with E-state index >= 15 is 0 Å². The highest BCUT2D eigenvalue weighted by Crippen LogP contribution is 2.10. The highest BCUT2D eigenvalue weighted by Gasteiger charge is 2.04. The molecule has 2 aromatic rings. The van der Waals surface area contributed by atoms with Crippen molar-refractivity contribution in [1.29, 1.82) is 0 Å². The molecule has 0 radical (unpaired) electrons. The van der Waals surface area contributed by atoms with E-state index in [0.29, 0.717) is 17.8 Å². The van der Waals surface area contributed by atoms with E-state index in [0.717, 1.165) is 11.1 Å². The number of nitrogen functional groups attached to an aromatic ring is 1. The Morgan fingerprint density at radius 3 is 2.89 bits per heavy atom. The zero-order chi connectivity index (χ0) is 13.0. The van der Waals surface area contributed by atoms with E-state index in [1.807, 2.05) is 25.1 Å². The van der Waals surface area contributed by atoms with Gasteiger partial charge in [-0.15, -0.1) is 0 Å². The monoisotopic (exact) mass is 241 g/mol. The first-order chi connectivity index (χ1) is 8.63. The predicted molar refractivity (Wildman–Crippen MR) is 72.2 cm³/mol. The van der Waals surface area contributed by atoms with Crippen LogP contribution in [0.15, 0.2) is 42.7 Å². The van der Waals surface area contributed by atoms with Crippen molar-refractivity contribution in [3.8, 4) is 0 Å². The fourth-order valence-corrected chi connectivity index (χ4v) is 1.72. The van der Waals surface area contributed by atoms with E-state index in [-0.39, 0.29) is 5.91 Å². The molecule has 1 aromatic heterocycles. The van der Waals surface area contributed by atoms with Crippen molar-refractivity contribution in [1.82, 2.24) is 4.98 Å². The fourth-order valence-electron chi connectivity index (χ4n) is 1.72. The molecule has 0 saturated heterocycles. The molecular weight excluding hydrogens is 226 g/mol. The molecule has 3 N–H and O–H groups in total. The van der Waals surface area contributed by atoms with Crippen molar-refractivity contribution >= 4 is 17.3 Å². The standard InChI is InChI=1S/C14H15N3O/c1-10-5-13(9-16-8-10)17-14(18)7-11-3-2-4-12(15)6-11/h2-6,8-9H,7,15H2,1H3,(H,17,18). The van der Waals surface area contributed by atoms with Crippen LogP contribution in [0.4, 0.5) is 11.4 Å². The second-order valence-corrected chi connectivity index (χ2v) is 4.22. The Hall–Kier alpha value is -2.36. The van der Waals surface area contributed by atoms with Crippen molar-refractivity contribution in [3.05, 3.63) is 53.9 Å². The Morgan fingerprint density at radius 1 is 1.33 bits per heavy atom. The Morgan fingerprint density at radius 2 is 2.17 bits per heavy atom. The van der Waals surface area contributed by atoms with Crippen LogP contribution in [-0.4, -0.2) is 10.9 Å². The van der Waals surface area contributed by atoms with Gasteiger partial charge in [0, 0.05) is 11.9 Å². The third-order valence-corrected chi connectivity index (χ3v) is 2.47. The molecule has 0 spiro atoms. The van der Waals surface area contributed by atoms with Crippen LogP contribution in [0.25, 0.3) is 0 Å². The Kier molecular flexibility index (Phi) is 3.57. The SMILES string of the molecule is Cc1cncc(NC(=O)Cc2cccc(N)c2)c1. The molecule has 0 fully saturated rings. The van der Waals surface area contributed by atoms with E-state index < -0.39 is 0 Å². The molecule has 0 aliphatic heterocycles. The molecule has 4 nitrogen and oxygen atoms in total. The van der Waals surface area contributed by atoms with Crippen LogP contribution in [0.2, 0.25) is 0 Å². The molecule has 0 saturated carbocycles. The van der Waals surface area contributed by atoms with Crippen LogP contribution in [0, 0.1) is 6.92 Å². The molecule has 2 rings (SSSR count). The molecule has 0 aliphatic carbocycles. The van der Waals surface area contributed by atoms with Gasteiger partial charge in [-0.25, -0.2) is 0 Å². The third-order valence-electron chi connectivity index (χ3n) is 2.47. The second kappa shape index (κ2) is 5.31. The summed E-state index contributed by atoms with van der Waals surface area (Å²) in [5.74, 6) is -0.0759. The van der Waals surface area contributed by atoms with Gasteiger partial charge in [0.2, 0.25) is 5.91 Å². The van der Waals surface area contributed by atoms with E-state index in [9.17, 15) is 4.79 Å². The number of carbonyl (C=O) groups excluding carboxylic acids is 1. The summed E-state index contributed by atoms with van der Waals surface area (Å²) in [5.41, 5.74) is 8.95. The summed E-state index contributed by atoms with van der Waals surface area (Å²) >= 11 is 0. The van der Waals surface area contributed by atoms with Gasteiger partial charge in [-0.2, -0.15) is 0 Å². The number of carbonyl (C=O) groups is 1. The van der Waals surface area contributed by atoms with Crippen LogP contribution in [0.5, 0.6) is 0 Å². The maximum absolute atomic E-state index is 11.8. The number of amides is 1. The lowest BCUT2D eigenvalue weighted by Gasteiger charge is -2.06. The molecule has 1 amide bonds. The Labute approximate surface area is 106 Å². The number of pyridine rings is 1. The Balaban J connectivity index is 2.01. The highest BCUT2D eigenvalue weighted by atomic mass is 16.1. The largest absolute Gasteiger partial charge is 0.399 e. The van der Waals surface area contributed by atoms with Crippen molar-refractivity contribution < 1.29 is 4.79 Å². The number of rotatable bonds is 3. The van der Waals surface area contributed by atoms with Crippen LogP contribution in [0.1, 0.15) is 11.1 Å². The summed E-state index contributed by atoms with van der Waals surface area (Å²) in [4.78, 5) is 15.8. The van der Waals surface area contributed by atoms with Crippen LogP contribution < -0.4 is 11.1 Å². The summed E-state index contributed by atoms with van der Waals surface area (Å²) in [5, 5.41) is 2.81. The van der Waals surface area contributed by atoms with Crippen LogP contribution >= 0.6 is 0 Å². The minimum atomic E-state index is -0.0759. The topological polar surface area (TPSA) is 68.0 Å². The average molecular weight is 241 g/mol. The Bertz CT molecular complexity index is 517. The number of benzene rings is 1. The third kappa shape index (κ3) is 3.31. The lowest BCUT2D eigenvalue weighted by molar-refractivity contribution is -0.115. The molecule has 1 aromatic carbocycles. The van der Waals surface area contributed by atoms with Gasteiger partial charge in [0.15, 0.2) is 0 Å². The maximum atomic E-state index is 11.8. The van der Waals surface area contributed by atoms with Gasteiger partial charge in [-0.3, -0.25) is 9.78 Å². The maximum Gasteiger partial charge on any atom is 0.228 e. The first-order valence-corrected chi connectivity index (χ1v) is 5.69. The van der Waals surface area contributed by atoms with E-state index in [4.69, 9.17) is 5.73 Å². The molecule has 0 bridgehead atoms. The minimum absolute atomic E-state index is 0.0759. The number of nitrogens with two attached hydrogens (primary N) is 1. The number of aryl methyl sites for hydroxylation is 1. The first kappa shape index (κ1) is 12.1. The minimum Gasteiger partial charge on any atom is -0.399 e. The lowest BCUT2D eigenvalue weighted by Crippen LogP contribution is -2.14. The summed E-state index contributed by atoms with van der Waals surface area (Å²) < 4.78 is 0. The molecular formula is C14H15N3O. The number of hydrogen-bond donors (Lipinski definition) is 2. The van der Waals surface area contributed by atoms with E-state index in [1.165, 1.54) is 0 Å². The number of nitrogens with zero attached hydrogens (tertiary/aromatic N) is 1. The van der Waals surface area contributed by atoms with Crippen molar-refractivity contribution in [2.24, 2.45) is 0 Å². The van der Waals surface area contributed by atoms with Crippen LogP contribution in [-0.2, 0) is 11.2 Å². The van der Waals surface area contributed by atoms with Gasteiger partial charge in [-0.1, -0.05) is 12.1 Å². The smallest absolute Gasteiger partial charge is 0.228 e. The molecule has 0 aliphatic rings. The van der Waals surface area contributed by atoms with Gasteiger partial charge in [0.1, 0.15) is 0 Å². The number of hydrogen-bond acceptors (Lipinski definition) is 3. The molecule has 1 heterocycles. The molecule has 92 valence electrons. The normalized spacial score (nSPS) is 10.1. The average Bonchev–Trinajstić information content (AvgIpc) is 2.28. The van der Waals surface area contributed by atoms with E-state index in [2.05, 4.69) is 10.3 Å². The number of anilines is 2. The lowest BCUT2D eigenvalue weighted by atomic mass is 10.1. The van der Waals surface area contributed by atoms with Gasteiger partial charge in [-0.05, 0) is 36.2 Å². The summed E-state index contributed by atoms with van der Waals surface area (Å²) in [7, 11) is 0. The summed E-state index contributed by atoms with van der Waals surface area (Å²) in [6.07, 6.45) is 3.68. The van der Waals surface area contributed by atoms with Crippen molar-refractivity contribution in [3.63, 3.8) is 0 Å². The molecule has 0 atom stereocenters. The zero-order valence-corrected chi connectivity index (χ0v) is 10.2. The summed E-state index contributed by atoms with van der Waals surface area (Å²) in [6.45, 7) is 1.93. The highest BCUT2D eigenvalue weighted by molar-refractivity contribution is 5.92. The van der Waals surface area contributed by atoms with Gasteiger partial charge < -0.3 is 11.1 Å². The number of aromatic nitrogens is 1. The molecule has 4 heteroatoms. The zero-order valence-electron chi connectivity index (χ0n) is 10.2. The van der Waals surface area contributed by atoms with Crippen molar-refractivity contribution in [2.45, 2.75) is 13.3 Å². The van der Waals surface area contributed by atoms with Crippen LogP contribution in [0.3, 0.4) is 0 Å². The van der Waals surface area contributed by atoms with E-state index in [1.54, 1.807) is 24.5 Å². The summed E-state index contributed by atoms with van der Waals surface area (Å²) in [6, 6.07) is 9.20. The number of nitrogens with one attached hydrogen (secondary N) is 1. The molecule has 0 unspecified atom stereocenters. The second-order valence-electron chi connectivity index (χ2n) is 4.22. The predicted octanol–water partition coefficient (Wildman–Crippen LogP) is 2.15.